The van der Waals surface area contributed by atoms with Crippen molar-refractivity contribution in [2.24, 2.45) is 5.41 Å². The number of benzene rings is 1. The molecule has 0 aliphatic carbocycles. The Kier molecular flexibility index (Phi) is 5.68. The Bertz CT molecular complexity index is 839. The number of hydrogen-bond acceptors (Lipinski definition) is 4. The molecule has 6 nitrogen and oxygen atoms in total. The molecule has 1 atom stereocenters. The zero-order valence-corrected chi connectivity index (χ0v) is 16.9. The Hall–Kier alpha value is -2.89. The van der Waals surface area contributed by atoms with Gasteiger partial charge in [0.05, 0.1) is 11.9 Å². The quantitative estimate of drug-likeness (QED) is 0.863. The van der Waals surface area contributed by atoms with E-state index < -0.39 is 11.5 Å². The van der Waals surface area contributed by atoms with Gasteiger partial charge < -0.3 is 15.0 Å². The van der Waals surface area contributed by atoms with Crippen LogP contribution in [-0.2, 0) is 9.59 Å². The highest BCUT2D eigenvalue weighted by atomic mass is 16.5. The topological polar surface area (TPSA) is 71.5 Å². The summed E-state index contributed by atoms with van der Waals surface area (Å²) in [6.45, 7) is 8.26. The SMILES string of the molecule is Cc1ccc(Oc2ccc(NC(=O)C3CCCN3C(=O)C(C)(C)C)cn2)cc1. The van der Waals surface area contributed by atoms with Crippen molar-refractivity contribution < 1.29 is 14.3 Å². The molecule has 0 saturated carbocycles. The van der Waals surface area contributed by atoms with Crippen LogP contribution in [0.2, 0.25) is 0 Å². The van der Waals surface area contributed by atoms with E-state index in [1.807, 2.05) is 52.0 Å². The first-order valence-electron chi connectivity index (χ1n) is 9.56. The maximum Gasteiger partial charge on any atom is 0.247 e. The smallest absolute Gasteiger partial charge is 0.247 e. The third-order valence-corrected chi connectivity index (χ3v) is 4.71. The van der Waals surface area contributed by atoms with Crippen LogP contribution in [0.3, 0.4) is 0 Å². The molecule has 0 radical (unpaired) electrons. The Balaban J connectivity index is 1.62. The van der Waals surface area contributed by atoms with Gasteiger partial charge in [0.25, 0.3) is 0 Å². The number of nitrogens with one attached hydrogen (secondary N) is 1. The highest BCUT2D eigenvalue weighted by molar-refractivity contribution is 5.98. The van der Waals surface area contributed by atoms with E-state index in [4.69, 9.17) is 4.74 Å². The normalized spacial score (nSPS) is 16.7. The summed E-state index contributed by atoms with van der Waals surface area (Å²) in [5, 5.41) is 2.87. The van der Waals surface area contributed by atoms with Gasteiger partial charge in [-0.15, -0.1) is 0 Å². The van der Waals surface area contributed by atoms with Gasteiger partial charge in [-0.1, -0.05) is 38.5 Å². The van der Waals surface area contributed by atoms with Gasteiger partial charge in [-0.3, -0.25) is 9.59 Å². The second-order valence-corrected chi connectivity index (χ2v) is 8.20. The van der Waals surface area contributed by atoms with Gasteiger partial charge in [0.15, 0.2) is 0 Å². The summed E-state index contributed by atoms with van der Waals surface area (Å²) < 4.78 is 5.70. The molecule has 28 heavy (non-hydrogen) atoms. The van der Waals surface area contributed by atoms with Crippen LogP contribution in [0.15, 0.2) is 42.6 Å². The first-order chi connectivity index (χ1) is 13.2. The second-order valence-electron chi connectivity index (χ2n) is 8.20. The van der Waals surface area contributed by atoms with Crippen molar-refractivity contribution in [3.63, 3.8) is 0 Å². The fraction of sp³-hybridized carbons (Fsp3) is 0.409. The number of nitrogens with zero attached hydrogens (tertiary/aromatic N) is 2. The van der Waals surface area contributed by atoms with Crippen LogP contribution in [-0.4, -0.2) is 34.3 Å². The third kappa shape index (κ3) is 4.68. The van der Waals surface area contributed by atoms with Crippen molar-refractivity contribution in [1.82, 2.24) is 9.88 Å². The van der Waals surface area contributed by atoms with Crippen molar-refractivity contribution in [1.29, 1.82) is 0 Å². The molecule has 3 rings (SSSR count). The Morgan fingerprint density at radius 2 is 1.86 bits per heavy atom. The van der Waals surface area contributed by atoms with E-state index in [1.165, 1.54) is 0 Å². The van der Waals surface area contributed by atoms with E-state index in [0.29, 0.717) is 30.3 Å². The lowest BCUT2D eigenvalue weighted by molar-refractivity contribution is -0.143. The fourth-order valence-electron chi connectivity index (χ4n) is 3.18. The minimum absolute atomic E-state index is 0.00474. The number of carbonyl (C=O) groups excluding carboxylic acids is 2. The average molecular weight is 381 g/mol. The number of carbonyl (C=O) groups is 2. The average Bonchev–Trinajstić information content (AvgIpc) is 3.13. The van der Waals surface area contributed by atoms with Crippen molar-refractivity contribution in [3.05, 3.63) is 48.2 Å². The molecule has 1 fully saturated rings. The maximum atomic E-state index is 12.7. The Morgan fingerprint density at radius 3 is 2.46 bits per heavy atom. The summed E-state index contributed by atoms with van der Waals surface area (Å²) in [7, 11) is 0. The zero-order chi connectivity index (χ0) is 20.3. The van der Waals surface area contributed by atoms with E-state index >= 15 is 0 Å². The van der Waals surface area contributed by atoms with Crippen LogP contribution >= 0.6 is 0 Å². The number of rotatable bonds is 4. The second kappa shape index (κ2) is 8.00. The predicted octanol–water partition coefficient (Wildman–Crippen LogP) is 4.16. The summed E-state index contributed by atoms with van der Waals surface area (Å²) in [4.78, 5) is 31.2. The van der Waals surface area contributed by atoms with E-state index in [9.17, 15) is 9.59 Å². The van der Waals surface area contributed by atoms with Gasteiger partial charge in [0.1, 0.15) is 11.8 Å². The van der Waals surface area contributed by atoms with Crippen LogP contribution in [0.1, 0.15) is 39.2 Å². The molecule has 6 heteroatoms. The molecule has 2 amide bonds. The summed E-state index contributed by atoms with van der Waals surface area (Å²) >= 11 is 0. The first-order valence-corrected chi connectivity index (χ1v) is 9.56. The summed E-state index contributed by atoms with van der Waals surface area (Å²) in [6.07, 6.45) is 3.07. The molecular formula is C22H27N3O3. The van der Waals surface area contributed by atoms with Crippen LogP contribution < -0.4 is 10.1 Å². The molecule has 0 spiro atoms. The summed E-state index contributed by atoms with van der Waals surface area (Å²) in [5.74, 6) is 0.985. The number of anilines is 1. The highest BCUT2D eigenvalue weighted by Gasteiger charge is 2.38. The third-order valence-electron chi connectivity index (χ3n) is 4.71. The van der Waals surface area contributed by atoms with Crippen LogP contribution in [0.5, 0.6) is 11.6 Å². The van der Waals surface area contributed by atoms with E-state index in [0.717, 1.165) is 12.0 Å². The molecule has 1 aromatic carbocycles. The maximum absolute atomic E-state index is 12.7. The number of hydrogen-bond donors (Lipinski definition) is 1. The molecule has 1 aliphatic heterocycles. The van der Waals surface area contributed by atoms with Crippen molar-refractivity contribution >= 4 is 17.5 Å². The van der Waals surface area contributed by atoms with Gasteiger partial charge in [-0.05, 0) is 38.0 Å². The lowest BCUT2D eigenvalue weighted by Gasteiger charge is -2.30. The van der Waals surface area contributed by atoms with Gasteiger partial charge in [0, 0.05) is 18.0 Å². The molecule has 2 heterocycles. The van der Waals surface area contributed by atoms with Gasteiger partial charge in [-0.25, -0.2) is 4.98 Å². The lowest BCUT2D eigenvalue weighted by Crippen LogP contribution is -2.47. The fourth-order valence-corrected chi connectivity index (χ4v) is 3.18. The van der Waals surface area contributed by atoms with Crippen LogP contribution in [0.25, 0.3) is 0 Å². The number of aromatic nitrogens is 1. The van der Waals surface area contributed by atoms with E-state index in [-0.39, 0.29) is 11.8 Å². The van der Waals surface area contributed by atoms with Gasteiger partial charge in [-0.2, -0.15) is 0 Å². The molecule has 1 aromatic heterocycles. The molecule has 1 aliphatic rings. The number of pyridine rings is 1. The molecule has 0 bridgehead atoms. The molecule has 1 unspecified atom stereocenters. The molecule has 148 valence electrons. The van der Waals surface area contributed by atoms with E-state index in [1.54, 1.807) is 23.2 Å². The highest BCUT2D eigenvalue weighted by Crippen LogP contribution is 2.26. The standard InChI is InChI=1S/C22H27N3O3/c1-15-7-10-17(11-8-15)28-19-12-9-16(14-23-19)24-20(26)18-6-5-13-25(18)21(27)22(2,3)4/h7-12,14,18H,5-6,13H2,1-4H3,(H,24,26). The van der Waals surface area contributed by atoms with E-state index in [2.05, 4.69) is 10.3 Å². The van der Waals surface area contributed by atoms with Crippen LogP contribution in [0, 0.1) is 12.3 Å². The molecule has 1 N–H and O–H groups in total. The number of likely N-dealkylation sites (tertiary alicyclic amines) is 1. The molecule has 2 aromatic rings. The molecule has 1 saturated heterocycles. The predicted molar refractivity (Wildman–Crippen MR) is 108 cm³/mol. The first kappa shape index (κ1) is 19.9. The summed E-state index contributed by atoms with van der Waals surface area (Å²) in [5.41, 5.74) is 1.24. The van der Waals surface area contributed by atoms with Crippen LogP contribution in [0.4, 0.5) is 5.69 Å². The number of aryl methyl sites for hydroxylation is 1. The van der Waals surface area contributed by atoms with Crippen molar-refractivity contribution in [2.45, 2.75) is 46.6 Å². The van der Waals surface area contributed by atoms with Gasteiger partial charge >= 0.3 is 0 Å². The molecular weight excluding hydrogens is 354 g/mol. The lowest BCUT2D eigenvalue weighted by atomic mass is 9.94. The minimum atomic E-state index is -0.501. The monoisotopic (exact) mass is 381 g/mol. The van der Waals surface area contributed by atoms with Gasteiger partial charge in [0.2, 0.25) is 17.7 Å². The zero-order valence-electron chi connectivity index (χ0n) is 16.9. The Labute approximate surface area is 165 Å². The number of ether oxygens (including phenoxy) is 1. The largest absolute Gasteiger partial charge is 0.439 e. The summed E-state index contributed by atoms with van der Waals surface area (Å²) in [6, 6.07) is 10.7. The number of amides is 2. The van der Waals surface area contributed by atoms with Crippen molar-refractivity contribution in [3.8, 4) is 11.6 Å². The minimum Gasteiger partial charge on any atom is -0.439 e. The Morgan fingerprint density at radius 1 is 1.14 bits per heavy atom. The van der Waals surface area contributed by atoms with Crippen molar-refractivity contribution in [2.75, 3.05) is 11.9 Å².